The molecule has 0 bridgehead atoms. The summed E-state index contributed by atoms with van der Waals surface area (Å²) >= 11 is 0. The Labute approximate surface area is 163 Å². The van der Waals surface area contributed by atoms with Crippen LogP contribution in [0.1, 0.15) is 38.8 Å². The second kappa shape index (κ2) is 7.15. The molecule has 1 atom stereocenters. The predicted molar refractivity (Wildman–Crippen MR) is 106 cm³/mol. The van der Waals surface area contributed by atoms with Gasteiger partial charge in [0.1, 0.15) is 11.7 Å². The van der Waals surface area contributed by atoms with Crippen molar-refractivity contribution in [3.8, 4) is 17.1 Å². The van der Waals surface area contributed by atoms with Gasteiger partial charge in [-0.25, -0.2) is 0 Å². The number of fused-ring (bicyclic) bond motifs is 1. The molecule has 2 aromatic carbocycles. The Hall–Kier alpha value is -3.08. The van der Waals surface area contributed by atoms with Gasteiger partial charge < -0.3 is 19.1 Å². The summed E-state index contributed by atoms with van der Waals surface area (Å²) in [6, 6.07) is 12.8. The molecule has 0 radical (unpaired) electrons. The first kappa shape index (κ1) is 19.7. The predicted octanol–water partition coefficient (Wildman–Crippen LogP) is 3.58. The van der Waals surface area contributed by atoms with Crippen LogP contribution in [0.3, 0.4) is 0 Å². The van der Waals surface area contributed by atoms with Gasteiger partial charge in [-0.3, -0.25) is 4.79 Å². The zero-order chi connectivity index (χ0) is 20.6. The first-order valence-corrected chi connectivity index (χ1v) is 9.14. The number of carboxylic acids is 1. The number of hydrogen-bond acceptors (Lipinski definition) is 5. The van der Waals surface area contributed by atoms with Gasteiger partial charge in [0, 0.05) is 5.56 Å². The molecule has 5 nitrogen and oxygen atoms in total. The highest BCUT2D eigenvalue weighted by atomic mass is 16.5. The molecular formula is C23H23O5-. The molecule has 0 aliphatic rings. The van der Waals surface area contributed by atoms with Crippen molar-refractivity contribution in [1.82, 2.24) is 0 Å². The van der Waals surface area contributed by atoms with Gasteiger partial charge >= 0.3 is 0 Å². The second-order valence-corrected chi connectivity index (χ2v) is 8.00. The number of rotatable bonds is 4. The van der Waals surface area contributed by atoms with Crippen LogP contribution in [-0.2, 0) is 10.2 Å². The molecular weight excluding hydrogens is 356 g/mol. The van der Waals surface area contributed by atoms with E-state index in [1.165, 1.54) is 6.92 Å². The number of carbonyl (C=O) groups excluding carboxylic acids is 1. The molecule has 0 fully saturated rings. The zero-order valence-corrected chi connectivity index (χ0v) is 16.7. The van der Waals surface area contributed by atoms with E-state index in [0.717, 1.165) is 11.1 Å². The second-order valence-electron chi connectivity index (χ2n) is 8.00. The molecule has 3 rings (SSSR count). The van der Waals surface area contributed by atoms with Crippen molar-refractivity contribution in [2.45, 2.75) is 46.1 Å². The van der Waals surface area contributed by atoms with Crippen molar-refractivity contribution < 1.29 is 19.1 Å². The summed E-state index contributed by atoms with van der Waals surface area (Å²) in [7, 11) is 0. The standard InChI is InChI=1S/C23H24O5/c1-13-6-11-17-18(12-13)28-20(21(19(17)24)27-14(2)22(25)26)15-7-9-16(10-8-15)23(3,4)5/h6-12,14H,1-5H3,(H,25,26)/p-1/t14-/m0/s1. The highest BCUT2D eigenvalue weighted by Crippen LogP contribution is 2.33. The topological polar surface area (TPSA) is 79.6 Å². The number of hydrogen-bond donors (Lipinski definition) is 0. The van der Waals surface area contributed by atoms with Crippen LogP contribution in [0, 0.1) is 6.92 Å². The van der Waals surface area contributed by atoms with E-state index in [4.69, 9.17) is 9.15 Å². The number of carboxylic acid groups (broad SMARTS) is 1. The van der Waals surface area contributed by atoms with E-state index in [0.29, 0.717) is 16.5 Å². The molecule has 0 N–H and O–H groups in total. The van der Waals surface area contributed by atoms with Crippen LogP contribution in [0.25, 0.3) is 22.3 Å². The van der Waals surface area contributed by atoms with Crippen LogP contribution in [0.4, 0.5) is 0 Å². The Bertz CT molecular complexity index is 1080. The van der Waals surface area contributed by atoms with E-state index in [9.17, 15) is 14.7 Å². The normalized spacial score (nSPS) is 12.8. The van der Waals surface area contributed by atoms with Crippen LogP contribution in [0.15, 0.2) is 51.7 Å². The third-order valence-corrected chi connectivity index (χ3v) is 4.65. The minimum Gasteiger partial charge on any atom is -0.546 e. The first-order valence-electron chi connectivity index (χ1n) is 9.14. The summed E-state index contributed by atoms with van der Waals surface area (Å²) in [4.78, 5) is 24.2. The molecule has 5 heteroatoms. The van der Waals surface area contributed by atoms with Crippen molar-refractivity contribution in [3.05, 3.63) is 63.8 Å². The maximum absolute atomic E-state index is 13.0. The fraction of sp³-hybridized carbons (Fsp3) is 0.304. The first-order chi connectivity index (χ1) is 13.1. The minimum atomic E-state index is -1.41. The van der Waals surface area contributed by atoms with Crippen molar-refractivity contribution in [2.75, 3.05) is 0 Å². The number of ether oxygens (including phenoxy) is 1. The Morgan fingerprint density at radius 1 is 1.11 bits per heavy atom. The van der Waals surface area contributed by atoms with Gasteiger partial charge in [-0.15, -0.1) is 0 Å². The van der Waals surface area contributed by atoms with Gasteiger partial charge in [0.2, 0.25) is 11.2 Å². The third-order valence-electron chi connectivity index (χ3n) is 4.65. The number of carbonyl (C=O) groups is 1. The molecule has 0 saturated carbocycles. The van der Waals surface area contributed by atoms with Crippen molar-refractivity contribution in [2.24, 2.45) is 0 Å². The maximum Gasteiger partial charge on any atom is 0.235 e. The van der Waals surface area contributed by atoms with Crippen molar-refractivity contribution >= 4 is 16.9 Å². The van der Waals surface area contributed by atoms with Crippen molar-refractivity contribution in [1.29, 1.82) is 0 Å². The van der Waals surface area contributed by atoms with Crippen LogP contribution in [-0.4, -0.2) is 12.1 Å². The molecule has 0 amide bonds. The Balaban J connectivity index is 2.23. The van der Waals surface area contributed by atoms with E-state index in [-0.39, 0.29) is 16.9 Å². The van der Waals surface area contributed by atoms with Crippen LogP contribution in [0.2, 0.25) is 0 Å². The number of aryl methyl sites for hydroxylation is 1. The van der Waals surface area contributed by atoms with Crippen LogP contribution < -0.4 is 15.3 Å². The molecule has 146 valence electrons. The average molecular weight is 379 g/mol. The van der Waals surface area contributed by atoms with Crippen LogP contribution in [0.5, 0.6) is 5.75 Å². The number of benzene rings is 2. The highest BCUT2D eigenvalue weighted by Gasteiger charge is 2.21. The molecule has 0 aliphatic heterocycles. The Kier molecular flexibility index (Phi) is 5.02. The highest BCUT2D eigenvalue weighted by molar-refractivity contribution is 5.83. The monoisotopic (exact) mass is 379 g/mol. The molecule has 0 saturated heterocycles. The van der Waals surface area contributed by atoms with E-state index in [2.05, 4.69) is 20.8 Å². The van der Waals surface area contributed by atoms with E-state index in [1.54, 1.807) is 18.2 Å². The molecule has 0 aliphatic carbocycles. The van der Waals surface area contributed by atoms with Crippen molar-refractivity contribution in [3.63, 3.8) is 0 Å². The third kappa shape index (κ3) is 3.79. The SMILES string of the molecule is Cc1ccc2c(=O)c(O[C@@H](C)C(=O)[O-])c(-c3ccc(C(C)(C)C)cc3)oc2c1. The van der Waals surface area contributed by atoms with Gasteiger partial charge in [-0.1, -0.05) is 51.1 Å². The average Bonchev–Trinajstić information content (AvgIpc) is 2.62. The molecule has 1 aromatic heterocycles. The summed E-state index contributed by atoms with van der Waals surface area (Å²) in [5.74, 6) is -1.33. The Morgan fingerprint density at radius 2 is 1.75 bits per heavy atom. The van der Waals surface area contributed by atoms with Gasteiger partial charge in [0.25, 0.3) is 0 Å². The van der Waals surface area contributed by atoms with Gasteiger partial charge in [-0.05, 0) is 42.5 Å². The quantitative estimate of drug-likeness (QED) is 0.692. The molecule has 3 aromatic rings. The zero-order valence-electron chi connectivity index (χ0n) is 16.7. The molecule has 28 heavy (non-hydrogen) atoms. The smallest absolute Gasteiger partial charge is 0.235 e. The van der Waals surface area contributed by atoms with Gasteiger partial charge in [-0.2, -0.15) is 0 Å². The van der Waals surface area contributed by atoms with Gasteiger partial charge in [0.05, 0.1) is 11.4 Å². The summed E-state index contributed by atoms with van der Waals surface area (Å²) < 4.78 is 11.5. The summed E-state index contributed by atoms with van der Waals surface area (Å²) in [6.07, 6.45) is -1.29. The lowest BCUT2D eigenvalue weighted by molar-refractivity contribution is -0.312. The fourth-order valence-electron chi connectivity index (χ4n) is 2.93. The van der Waals surface area contributed by atoms with E-state index in [1.807, 2.05) is 31.2 Å². The Morgan fingerprint density at radius 3 is 2.32 bits per heavy atom. The van der Waals surface area contributed by atoms with E-state index < -0.39 is 17.5 Å². The van der Waals surface area contributed by atoms with Gasteiger partial charge in [0.15, 0.2) is 5.76 Å². The maximum atomic E-state index is 13.0. The minimum absolute atomic E-state index is 0.0251. The molecule has 0 spiro atoms. The lowest BCUT2D eigenvalue weighted by atomic mass is 9.86. The van der Waals surface area contributed by atoms with Crippen LogP contribution >= 0.6 is 0 Å². The lowest BCUT2D eigenvalue weighted by Crippen LogP contribution is -2.38. The molecule has 1 heterocycles. The summed E-state index contributed by atoms with van der Waals surface area (Å²) in [6.45, 7) is 9.55. The lowest BCUT2D eigenvalue weighted by Gasteiger charge is -2.20. The largest absolute Gasteiger partial charge is 0.546 e. The fourth-order valence-corrected chi connectivity index (χ4v) is 2.93. The summed E-state index contributed by atoms with van der Waals surface area (Å²) in [5, 5.41) is 11.5. The molecule has 0 unspecified atom stereocenters. The number of aliphatic carboxylic acids is 1. The summed E-state index contributed by atoms with van der Waals surface area (Å²) in [5.41, 5.74) is 2.69. The van der Waals surface area contributed by atoms with E-state index >= 15 is 0 Å².